The summed E-state index contributed by atoms with van der Waals surface area (Å²) in [4.78, 5) is 16.8. The second-order valence-electron chi connectivity index (χ2n) is 5.87. The number of aromatic nitrogens is 1. The summed E-state index contributed by atoms with van der Waals surface area (Å²) in [5.41, 5.74) is 6.81. The number of amides is 1. The summed E-state index contributed by atoms with van der Waals surface area (Å²) in [7, 11) is 1.61. The van der Waals surface area contributed by atoms with E-state index < -0.39 is 0 Å². The van der Waals surface area contributed by atoms with E-state index in [1.54, 1.807) is 18.6 Å². The third-order valence-corrected chi connectivity index (χ3v) is 4.64. The minimum atomic E-state index is -0.223. The van der Waals surface area contributed by atoms with E-state index in [0.29, 0.717) is 28.9 Å². The summed E-state index contributed by atoms with van der Waals surface area (Å²) in [6, 6.07) is 5.20. The van der Waals surface area contributed by atoms with Crippen LogP contribution in [-0.2, 0) is 6.54 Å². The first-order chi connectivity index (χ1) is 11.4. The number of methoxy groups -OCH3 is 1. The Morgan fingerprint density at radius 2 is 2.21 bits per heavy atom. The van der Waals surface area contributed by atoms with Crippen molar-refractivity contribution in [1.29, 1.82) is 0 Å². The lowest BCUT2D eigenvalue weighted by atomic mass is 9.96. The molecule has 1 atom stereocenters. The van der Waals surface area contributed by atoms with Gasteiger partial charge in [-0.05, 0) is 30.5 Å². The highest BCUT2D eigenvalue weighted by atomic mass is 35.5. The van der Waals surface area contributed by atoms with Crippen molar-refractivity contribution in [3.8, 4) is 5.75 Å². The minimum Gasteiger partial charge on any atom is -0.496 e. The number of benzene rings is 1. The Morgan fingerprint density at radius 1 is 1.46 bits per heavy atom. The van der Waals surface area contributed by atoms with E-state index in [1.165, 1.54) is 11.3 Å². The van der Waals surface area contributed by atoms with Crippen molar-refractivity contribution in [1.82, 2.24) is 10.3 Å². The van der Waals surface area contributed by atoms with Crippen molar-refractivity contribution in [3.05, 3.63) is 44.9 Å². The SMILES string of the molecule is COc1ccc(Cl)cc1C(CC(C)C)NC(=O)c1csc(CN)n1. The van der Waals surface area contributed by atoms with E-state index in [9.17, 15) is 4.79 Å². The summed E-state index contributed by atoms with van der Waals surface area (Å²) in [5, 5.41) is 6.11. The van der Waals surface area contributed by atoms with Gasteiger partial charge in [0.1, 0.15) is 16.5 Å². The topological polar surface area (TPSA) is 77.2 Å². The van der Waals surface area contributed by atoms with Crippen LogP contribution in [0.25, 0.3) is 0 Å². The molecule has 0 fully saturated rings. The molecule has 0 aliphatic heterocycles. The van der Waals surface area contributed by atoms with Crippen LogP contribution in [0.15, 0.2) is 23.6 Å². The number of nitrogens with two attached hydrogens (primary N) is 1. The van der Waals surface area contributed by atoms with Gasteiger partial charge in [0.25, 0.3) is 5.91 Å². The molecule has 130 valence electrons. The minimum absolute atomic E-state index is 0.214. The Balaban J connectivity index is 2.28. The van der Waals surface area contributed by atoms with Crippen LogP contribution in [0.4, 0.5) is 0 Å². The summed E-state index contributed by atoms with van der Waals surface area (Å²) >= 11 is 7.52. The van der Waals surface area contributed by atoms with Crippen molar-refractivity contribution < 1.29 is 9.53 Å². The van der Waals surface area contributed by atoms with E-state index in [4.69, 9.17) is 22.1 Å². The third kappa shape index (κ3) is 4.69. The molecule has 0 spiro atoms. The molecule has 0 aliphatic rings. The van der Waals surface area contributed by atoms with E-state index in [2.05, 4.69) is 24.1 Å². The highest BCUT2D eigenvalue weighted by Gasteiger charge is 2.22. The van der Waals surface area contributed by atoms with Gasteiger partial charge in [0.15, 0.2) is 0 Å². The van der Waals surface area contributed by atoms with Gasteiger partial charge >= 0.3 is 0 Å². The van der Waals surface area contributed by atoms with Crippen LogP contribution in [0, 0.1) is 5.92 Å². The zero-order valence-corrected chi connectivity index (χ0v) is 15.6. The number of nitrogens with one attached hydrogen (secondary N) is 1. The van der Waals surface area contributed by atoms with Crippen LogP contribution >= 0.6 is 22.9 Å². The fraction of sp³-hybridized carbons (Fsp3) is 0.412. The van der Waals surface area contributed by atoms with Crippen molar-refractivity contribution >= 4 is 28.8 Å². The number of ether oxygens (including phenoxy) is 1. The van der Waals surface area contributed by atoms with Gasteiger partial charge in [-0.15, -0.1) is 11.3 Å². The summed E-state index contributed by atoms with van der Waals surface area (Å²) in [6.45, 7) is 4.53. The molecule has 0 aliphatic carbocycles. The normalized spacial score (nSPS) is 12.2. The molecule has 0 bridgehead atoms. The number of rotatable bonds is 7. The predicted molar refractivity (Wildman–Crippen MR) is 97.7 cm³/mol. The van der Waals surface area contributed by atoms with Gasteiger partial charge in [-0.25, -0.2) is 4.98 Å². The molecule has 2 rings (SSSR count). The zero-order valence-electron chi connectivity index (χ0n) is 14.0. The summed E-state index contributed by atoms with van der Waals surface area (Å²) in [6.07, 6.45) is 0.760. The molecule has 0 radical (unpaired) electrons. The lowest BCUT2D eigenvalue weighted by Crippen LogP contribution is -2.30. The van der Waals surface area contributed by atoms with Gasteiger partial charge in [-0.2, -0.15) is 0 Å². The molecule has 2 aromatic rings. The molecule has 0 saturated heterocycles. The van der Waals surface area contributed by atoms with Gasteiger partial charge in [-0.1, -0.05) is 25.4 Å². The standard InChI is InChI=1S/C17H22ClN3O2S/c1-10(2)6-13(12-7-11(18)4-5-15(12)23-3)21-17(22)14-9-24-16(8-19)20-14/h4-5,7,9-10,13H,6,8,19H2,1-3H3,(H,21,22). The molecule has 1 unspecified atom stereocenters. The van der Waals surface area contributed by atoms with Crippen LogP contribution in [-0.4, -0.2) is 18.0 Å². The molecule has 1 amide bonds. The Bertz CT molecular complexity index is 703. The molecule has 24 heavy (non-hydrogen) atoms. The second kappa shape index (κ2) is 8.46. The number of nitrogens with zero attached hydrogens (tertiary/aromatic N) is 1. The first kappa shape index (κ1) is 18.7. The Hall–Kier alpha value is -1.63. The van der Waals surface area contributed by atoms with Crippen LogP contribution in [0.1, 0.15) is 47.4 Å². The fourth-order valence-electron chi connectivity index (χ4n) is 2.45. The maximum Gasteiger partial charge on any atom is 0.271 e. The monoisotopic (exact) mass is 367 g/mol. The van der Waals surface area contributed by atoms with Gasteiger partial charge in [0.2, 0.25) is 0 Å². The van der Waals surface area contributed by atoms with Crippen molar-refractivity contribution in [3.63, 3.8) is 0 Å². The number of hydrogen-bond donors (Lipinski definition) is 2. The van der Waals surface area contributed by atoms with Crippen molar-refractivity contribution in [2.45, 2.75) is 32.9 Å². The van der Waals surface area contributed by atoms with Gasteiger partial charge in [0.05, 0.1) is 13.2 Å². The average Bonchev–Trinajstić information content (AvgIpc) is 3.03. The van der Waals surface area contributed by atoms with Crippen LogP contribution in [0.2, 0.25) is 5.02 Å². The first-order valence-corrected chi connectivity index (χ1v) is 8.99. The Morgan fingerprint density at radius 3 is 2.79 bits per heavy atom. The molecule has 3 N–H and O–H groups in total. The zero-order chi connectivity index (χ0) is 17.7. The maximum absolute atomic E-state index is 12.5. The van der Waals surface area contributed by atoms with Crippen molar-refractivity contribution in [2.24, 2.45) is 11.7 Å². The lowest BCUT2D eigenvalue weighted by molar-refractivity contribution is 0.0927. The molecule has 0 saturated carbocycles. The van der Waals surface area contributed by atoms with E-state index >= 15 is 0 Å². The lowest BCUT2D eigenvalue weighted by Gasteiger charge is -2.23. The van der Waals surface area contributed by atoms with Gasteiger partial charge < -0.3 is 15.8 Å². The van der Waals surface area contributed by atoms with Crippen LogP contribution in [0.5, 0.6) is 5.75 Å². The quantitative estimate of drug-likeness (QED) is 0.780. The maximum atomic E-state index is 12.5. The smallest absolute Gasteiger partial charge is 0.271 e. The molecule has 1 heterocycles. The van der Waals surface area contributed by atoms with E-state index in [0.717, 1.165) is 17.0 Å². The first-order valence-electron chi connectivity index (χ1n) is 7.73. The van der Waals surface area contributed by atoms with Crippen LogP contribution in [0.3, 0.4) is 0 Å². The highest BCUT2D eigenvalue weighted by Crippen LogP contribution is 2.32. The number of carbonyl (C=O) groups excluding carboxylic acids is 1. The number of carbonyl (C=O) groups is 1. The van der Waals surface area contributed by atoms with E-state index in [1.807, 2.05) is 12.1 Å². The third-order valence-electron chi connectivity index (χ3n) is 3.54. The molecular formula is C17H22ClN3O2S. The van der Waals surface area contributed by atoms with Crippen LogP contribution < -0.4 is 15.8 Å². The molecule has 7 heteroatoms. The number of halogens is 1. The summed E-state index contributed by atoms with van der Waals surface area (Å²) < 4.78 is 5.43. The molecular weight excluding hydrogens is 346 g/mol. The molecule has 1 aromatic heterocycles. The predicted octanol–water partition coefficient (Wildman–Crippen LogP) is 3.78. The number of hydrogen-bond acceptors (Lipinski definition) is 5. The fourth-order valence-corrected chi connectivity index (χ4v) is 3.29. The second-order valence-corrected chi connectivity index (χ2v) is 7.25. The Labute approximate surface area is 151 Å². The summed E-state index contributed by atoms with van der Waals surface area (Å²) in [5.74, 6) is 0.860. The Kier molecular flexibility index (Phi) is 6.60. The molecule has 5 nitrogen and oxygen atoms in total. The molecule has 1 aromatic carbocycles. The van der Waals surface area contributed by atoms with Crippen molar-refractivity contribution in [2.75, 3.05) is 7.11 Å². The van der Waals surface area contributed by atoms with Gasteiger partial charge in [0, 0.05) is 22.5 Å². The van der Waals surface area contributed by atoms with E-state index in [-0.39, 0.29) is 11.9 Å². The average molecular weight is 368 g/mol. The number of thiazole rings is 1. The highest BCUT2D eigenvalue weighted by molar-refractivity contribution is 7.09. The largest absolute Gasteiger partial charge is 0.496 e. The van der Waals surface area contributed by atoms with Gasteiger partial charge in [-0.3, -0.25) is 4.79 Å².